The Bertz CT molecular complexity index is 1100. The fourth-order valence-corrected chi connectivity index (χ4v) is 5.65. The average Bonchev–Trinajstić information content (AvgIpc) is 3.05. The lowest BCUT2D eigenvalue weighted by Crippen LogP contribution is -2.39. The number of sulfonamides is 1. The second kappa shape index (κ2) is 6.99. The predicted octanol–water partition coefficient (Wildman–Crippen LogP) is 2.87. The maximum Gasteiger partial charge on any atom is 0.243 e. The van der Waals surface area contributed by atoms with Crippen molar-refractivity contribution in [1.82, 2.24) is 9.62 Å². The Morgan fingerprint density at radius 1 is 1.07 bits per heavy atom. The zero-order chi connectivity index (χ0) is 20.1. The summed E-state index contributed by atoms with van der Waals surface area (Å²) in [6.07, 6.45) is 0.777. The van der Waals surface area contributed by atoms with E-state index in [9.17, 15) is 18.0 Å². The van der Waals surface area contributed by atoms with E-state index < -0.39 is 10.0 Å². The van der Waals surface area contributed by atoms with Crippen LogP contribution in [0.3, 0.4) is 0 Å². The highest BCUT2D eigenvalue weighted by atomic mass is 35.5. The molecule has 146 valence electrons. The number of aryl methyl sites for hydroxylation is 1. The van der Waals surface area contributed by atoms with Gasteiger partial charge in [0.1, 0.15) is 0 Å². The Balaban J connectivity index is 1.60. The first kappa shape index (κ1) is 19.1. The molecule has 0 spiro atoms. The summed E-state index contributed by atoms with van der Waals surface area (Å²) in [5.74, 6) is -0.930. The topological polar surface area (TPSA) is 83.6 Å². The number of carbonyl (C=O) groups excluding carboxylic acids is 2. The number of halogens is 1. The summed E-state index contributed by atoms with van der Waals surface area (Å²) in [6.45, 7) is 2.26. The van der Waals surface area contributed by atoms with Crippen LogP contribution in [-0.2, 0) is 32.7 Å². The number of benzene rings is 2. The molecular weight excluding hydrogens is 400 g/mol. The number of nitrogens with one attached hydrogen (secondary N) is 1. The van der Waals surface area contributed by atoms with Crippen LogP contribution in [0, 0.1) is 6.92 Å². The van der Waals surface area contributed by atoms with Gasteiger partial charge in [0, 0.05) is 24.5 Å². The third kappa shape index (κ3) is 3.34. The molecule has 2 aromatic carbocycles. The largest absolute Gasteiger partial charge is 0.296 e. The first-order chi connectivity index (χ1) is 13.3. The summed E-state index contributed by atoms with van der Waals surface area (Å²) in [7, 11) is -3.66. The molecule has 0 saturated carbocycles. The highest BCUT2D eigenvalue weighted by Crippen LogP contribution is 2.33. The Labute approximate surface area is 168 Å². The van der Waals surface area contributed by atoms with Gasteiger partial charge in [-0.1, -0.05) is 29.8 Å². The van der Waals surface area contributed by atoms with Crippen LogP contribution in [0.5, 0.6) is 0 Å². The molecule has 0 bridgehead atoms. The molecule has 2 aliphatic rings. The summed E-state index contributed by atoms with van der Waals surface area (Å²) in [5.41, 5.74) is 3.22. The van der Waals surface area contributed by atoms with E-state index in [1.807, 2.05) is 18.2 Å². The second-order valence-corrected chi connectivity index (χ2v) is 9.56. The van der Waals surface area contributed by atoms with Gasteiger partial charge in [-0.2, -0.15) is 4.31 Å². The minimum absolute atomic E-state index is 0.245. The molecule has 2 aromatic rings. The van der Waals surface area contributed by atoms with E-state index in [2.05, 4.69) is 5.32 Å². The number of amides is 2. The first-order valence-corrected chi connectivity index (χ1v) is 10.8. The van der Waals surface area contributed by atoms with E-state index in [0.717, 1.165) is 16.7 Å². The average molecular weight is 419 g/mol. The molecule has 1 fully saturated rings. The van der Waals surface area contributed by atoms with Crippen molar-refractivity contribution >= 4 is 33.4 Å². The van der Waals surface area contributed by atoms with Gasteiger partial charge in [-0.3, -0.25) is 14.9 Å². The van der Waals surface area contributed by atoms with Crippen molar-refractivity contribution in [1.29, 1.82) is 0 Å². The molecule has 2 amide bonds. The third-order valence-electron chi connectivity index (χ3n) is 5.32. The number of piperidine rings is 1. The van der Waals surface area contributed by atoms with Crippen LogP contribution < -0.4 is 5.32 Å². The summed E-state index contributed by atoms with van der Waals surface area (Å²) in [5, 5.41) is 2.86. The summed E-state index contributed by atoms with van der Waals surface area (Å²) in [4.78, 5) is 23.7. The Hall–Kier alpha value is -2.22. The van der Waals surface area contributed by atoms with E-state index in [1.165, 1.54) is 10.4 Å². The quantitative estimate of drug-likeness (QED) is 0.777. The Kier molecular flexibility index (Phi) is 4.77. The van der Waals surface area contributed by atoms with E-state index in [1.54, 1.807) is 19.1 Å². The van der Waals surface area contributed by atoms with Gasteiger partial charge in [-0.25, -0.2) is 8.42 Å². The summed E-state index contributed by atoms with van der Waals surface area (Å²) < 4.78 is 27.6. The molecule has 0 radical (unpaired) electrons. The van der Waals surface area contributed by atoms with Gasteiger partial charge in [-0.15, -0.1) is 0 Å². The lowest BCUT2D eigenvalue weighted by atomic mass is 9.89. The van der Waals surface area contributed by atoms with Crippen molar-refractivity contribution in [3.63, 3.8) is 0 Å². The molecular formula is C20H19ClN2O4S. The lowest BCUT2D eigenvalue weighted by Gasteiger charge is -2.21. The highest BCUT2D eigenvalue weighted by molar-refractivity contribution is 7.89. The van der Waals surface area contributed by atoms with Crippen LogP contribution in [0.4, 0.5) is 0 Å². The maximum absolute atomic E-state index is 13.1. The number of hydrogen-bond acceptors (Lipinski definition) is 4. The van der Waals surface area contributed by atoms with Crippen LogP contribution in [0.1, 0.15) is 41.0 Å². The van der Waals surface area contributed by atoms with E-state index in [4.69, 9.17) is 11.6 Å². The van der Waals surface area contributed by atoms with Gasteiger partial charge >= 0.3 is 0 Å². The van der Waals surface area contributed by atoms with Gasteiger partial charge in [0.05, 0.1) is 10.8 Å². The predicted molar refractivity (Wildman–Crippen MR) is 104 cm³/mol. The minimum Gasteiger partial charge on any atom is -0.296 e. The molecule has 1 saturated heterocycles. The number of fused-ring (bicyclic) bond motifs is 1. The highest BCUT2D eigenvalue weighted by Gasteiger charge is 2.33. The minimum atomic E-state index is -3.66. The molecule has 1 atom stereocenters. The molecule has 1 N–H and O–H groups in total. The lowest BCUT2D eigenvalue weighted by molar-refractivity contribution is -0.134. The number of nitrogens with zero attached hydrogens (tertiary/aromatic N) is 1. The van der Waals surface area contributed by atoms with Gasteiger partial charge in [-0.05, 0) is 53.8 Å². The van der Waals surface area contributed by atoms with Crippen LogP contribution in [0.15, 0.2) is 41.3 Å². The molecule has 1 unspecified atom stereocenters. The van der Waals surface area contributed by atoms with Crippen molar-refractivity contribution in [3.05, 3.63) is 63.7 Å². The van der Waals surface area contributed by atoms with Crippen molar-refractivity contribution < 1.29 is 18.0 Å². The number of imide groups is 1. The number of rotatable bonds is 3. The first-order valence-electron chi connectivity index (χ1n) is 8.97. The standard InChI is InChI=1S/C20H19ClN2O4S/c1-12-8-16(21)4-6-18(12)28(26,27)23-10-14-3-2-13(9-15(14)11-23)17-5-7-19(24)22-20(17)25/h2-4,6,8-9,17H,5,7,10-11H2,1H3,(H,22,24,25). The van der Waals surface area contributed by atoms with E-state index in [0.29, 0.717) is 23.4 Å². The summed E-state index contributed by atoms with van der Waals surface area (Å²) in [6, 6.07) is 10.4. The fraction of sp³-hybridized carbons (Fsp3) is 0.300. The monoisotopic (exact) mass is 418 g/mol. The molecule has 4 rings (SSSR count). The number of hydrogen-bond donors (Lipinski definition) is 1. The molecule has 0 aromatic heterocycles. The maximum atomic E-state index is 13.1. The molecule has 8 heteroatoms. The summed E-state index contributed by atoms with van der Waals surface area (Å²) >= 11 is 5.95. The molecule has 0 aliphatic carbocycles. The van der Waals surface area contributed by atoms with Gasteiger partial charge in [0.15, 0.2) is 0 Å². The van der Waals surface area contributed by atoms with Crippen molar-refractivity contribution in [2.24, 2.45) is 0 Å². The molecule has 2 aliphatic heterocycles. The Morgan fingerprint density at radius 2 is 1.82 bits per heavy atom. The van der Waals surface area contributed by atoms with Crippen LogP contribution >= 0.6 is 11.6 Å². The van der Waals surface area contributed by atoms with E-state index >= 15 is 0 Å². The SMILES string of the molecule is Cc1cc(Cl)ccc1S(=O)(=O)N1Cc2ccc(C3CCC(=O)NC3=O)cc2C1. The van der Waals surface area contributed by atoms with Crippen LogP contribution in [-0.4, -0.2) is 24.5 Å². The molecule has 2 heterocycles. The van der Waals surface area contributed by atoms with Crippen LogP contribution in [0.25, 0.3) is 0 Å². The van der Waals surface area contributed by atoms with Crippen molar-refractivity contribution in [2.45, 2.75) is 43.7 Å². The third-order valence-corrected chi connectivity index (χ3v) is 7.51. The Morgan fingerprint density at radius 3 is 2.54 bits per heavy atom. The van der Waals surface area contributed by atoms with Gasteiger partial charge in [0.2, 0.25) is 21.8 Å². The zero-order valence-electron chi connectivity index (χ0n) is 15.2. The van der Waals surface area contributed by atoms with Crippen molar-refractivity contribution in [2.75, 3.05) is 0 Å². The zero-order valence-corrected chi connectivity index (χ0v) is 16.8. The molecule has 28 heavy (non-hydrogen) atoms. The molecule has 6 nitrogen and oxygen atoms in total. The van der Waals surface area contributed by atoms with Gasteiger partial charge in [0.25, 0.3) is 0 Å². The number of carbonyl (C=O) groups is 2. The normalized spacial score (nSPS) is 20.1. The van der Waals surface area contributed by atoms with E-state index in [-0.39, 0.29) is 35.7 Å². The van der Waals surface area contributed by atoms with Crippen molar-refractivity contribution in [3.8, 4) is 0 Å². The fourth-order valence-electron chi connectivity index (χ4n) is 3.82. The van der Waals surface area contributed by atoms with Crippen LogP contribution in [0.2, 0.25) is 5.02 Å². The smallest absolute Gasteiger partial charge is 0.243 e. The second-order valence-electron chi connectivity index (χ2n) is 7.21. The van der Waals surface area contributed by atoms with Gasteiger partial charge < -0.3 is 0 Å².